The molecule has 0 saturated heterocycles. The van der Waals surface area contributed by atoms with Gasteiger partial charge in [0.2, 0.25) is 0 Å². The molecule has 0 spiro atoms. The van der Waals surface area contributed by atoms with E-state index in [-0.39, 0.29) is 5.82 Å². The van der Waals surface area contributed by atoms with Crippen LogP contribution in [0.15, 0.2) is 48.8 Å². The number of benzene rings is 2. The average molecular weight is 375 g/mol. The number of nitrogens with zero attached hydrogens (tertiary/aromatic N) is 2. The van der Waals surface area contributed by atoms with Crippen LogP contribution < -0.4 is 5.19 Å². The normalized spacial score (nSPS) is 12.1. The van der Waals surface area contributed by atoms with Crippen LogP contribution >= 0.6 is 0 Å². The highest BCUT2D eigenvalue weighted by molar-refractivity contribution is 6.90. The molecule has 27 heavy (non-hydrogen) atoms. The molecule has 0 bridgehead atoms. The van der Waals surface area contributed by atoms with E-state index in [2.05, 4.69) is 56.7 Å². The number of aryl methyl sites for hydroxylation is 2. The van der Waals surface area contributed by atoms with Gasteiger partial charge in [0.15, 0.2) is 0 Å². The molecule has 0 saturated carbocycles. The molecule has 4 heteroatoms. The lowest BCUT2D eigenvalue weighted by Crippen LogP contribution is -2.41. The Kier molecular flexibility index (Phi) is 4.11. The van der Waals surface area contributed by atoms with Gasteiger partial charge in [-0.25, -0.2) is 4.39 Å². The maximum atomic E-state index is 14.6. The molecule has 4 rings (SSSR count). The lowest BCUT2D eigenvalue weighted by molar-refractivity contribution is 0.636. The summed E-state index contributed by atoms with van der Waals surface area (Å²) in [6.45, 7) is 10.7. The Morgan fingerprint density at radius 2 is 1.52 bits per heavy atom. The van der Waals surface area contributed by atoms with Crippen molar-refractivity contribution < 1.29 is 4.39 Å². The fraction of sp³-hybridized carbons (Fsp3) is 0.217. The quantitative estimate of drug-likeness (QED) is 0.330. The largest absolute Gasteiger partial charge is 0.256 e. The SMILES string of the molecule is Cc1cc(C)cc(-c2nccc3c2cnc2c([Si](C)(C)C)c(F)ccc23)c1. The van der Waals surface area contributed by atoms with Crippen molar-refractivity contribution in [3.05, 3.63) is 65.7 Å². The molecule has 2 aromatic carbocycles. The Morgan fingerprint density at radius 3 is 2.19 bits per heavy atom. The van der Waals surface area contributed by atoms with Crippen LogP contribution in [-0.2, 0) is 0 Å². The Bertz CT molecular complexity index is 1170. The zero-order valence-electron chi connectivity index (χ0n) is 16.4. The molecule has 2 nitrogen and oxygen atoms in total. The van der Waals surface area contributed by atoms with Crippen molar-refractivity contribution >= 4 is 34.9 Å². The second-order valence-corrected chi connectivity index (χ2v) is 13.3. The van der Waals surface area contributed by atoms with Gasteiger partial charge in [-0.05, 0) is 49.6 Å². The predicted molar refractivity (Wildman–Crippen MR) is 115 cm³/mol. The van der Waals surface area contributed by atoms with E-state index in [1.54, 1.807) is 6.07 Å². The predicted octanol–water partition coefficient (Wildman–Crippen LogP) is 5.75. The fourth-order valence-corrected chi connectivity index (χ4v) is 5.65. The van der Waals surface area contributed by atoms with Gasteiger partial charge in [-0.2, -0.15) is 0 Å². The van der Waals surface area contributed by atoms with Gasteiger partial charge < -0.3 is 0 Å². The van der Waals surface area contributed by atoms with Gasteiger partial charge in [0, 0.05) is 33.9 Å². The number of pyridine rings is 2. The fourth-order valence-electron chi connectivity index (χ4n) is 3.94. The van der Waals surface area contributed by atoms with Gasteiger partial charge in [0.05, 0.1) is 19.3 Å². The van der Waals surface area contributed by atoms with Crippen molar-refractivity contribution in [2.45, 2.75) is 33.5 Å². The molecule has 0 fully saturated rings. The van der Waals surface area contributed by atoms with Crippen LogP contribution in [0.3, 0.4) is 0 Å². The number of fused-ring (bicyclic) bond motifs is 3. The smallest absolute Gasteiger partial charge is 0.124 e. The van der Waals surface area contributed by atoms with E-state index >= 15 is 0 Å². The summed E-state index contributed by atoms with van der Waals surface area (Å²) < 4.78 is 14.6. The van der Waals surface area contributed by atoms with Crippen LogP contribution in [0.5, 0.6) is 0 Å². The van der Waals surface area contributed by atoms with Crippen LogP contribution in [0.25, 0.3) is 32.9 Å². The number of hydrogen-bond acceptors (Lipinski definition) is 2. The third kappa shape index (κ3) is 3.04. The summed E-state index contributed by atoms with van der Waals surface area (Å²) in [7, 11) is -1.88. The number of hydrogen-bond donors (Lipinski definition) is 0. The first-order valence-corrected chi connectivity index (χ1v) is 12.7. The van der Waals surface area contributed by atoms with Crippen molar-refractivity contribution in [2.75, 3.05) is 0 Å². The third-order valence-electron chi connectivity index (χ3n) is 4.98. The zero-order valence-corrected chi connectivity index (χ0v) is 17.4. The summed E-state index contributed by atoms with van der Waals surface area (Å²) in [6, 6.07) is 11.9. The van der Waals surface area contributed by atoms with Gasteiger partial charge in [0.1, 0.15) is 5.82 Å². The number of aromatic nitrogens is 2. The Hall–Kier alpha value is -2.59. The third-order valence-corrected chi connectivity index (χ3v) is 6.95. The Labute approximate surface area is 160 Å². The minimum Gasteiger partial charge on any atom is -0.256 e. The molecule has 0 aliphatic heterocycles. The Balaban J connectivity index is 2.08. The first-order chi connectivity index (χ1) is 12.8. The zero-order chi connectivity index (χ0) is 19.3. The highest BCUT2D eigenvalue weighted by Gasteiger charge is 2.25. The summed E-state index contributed by atoms with van der Waals surface area (Å²) in [4.78, 5) is 9.37. The first kappa shape index (κ1) is 17.8. The maximum absolute atomic E-state index is 14.6. The summed E-state index contributed by atoms with van der Waals surface area (Å²) in [6.07, 6.45) is 3.70. The molecule has 0 atom stereocenters. The topological polar surface area (TPSA) is 25.8 Å². The number of halogens is 1. The molecule has 0 amide bonds. The van der Waals surface area contributed by atoms with E-state index < -0.39 is 8.07 Å². The minimum absolute atomic E-state index is 0.142. The van der Waals surface area contributed by atoms with E-state index in [4.69, 9.17) is 4.98 Å². The standard InChI is InChI=1S/C23H23FN2Si/c1-14-10-15(2)12-16(11-14)21-19-13-26-22-18(17(19)8-9-25-21)6-7-20(24)23(22)27(3,4)5/h6-13H,1-5H3. The van der Waals surface area contributed by atoms with Gasteiger partial charge in [0.25, 0.3) is 0 Å². The molecule has 0 aliphatic carbocycles. The van der Waals surface area contributed by atoms with Gasteiger partial charge in [-0.15, -0.1) is 0 Å². The van der Waals surface area contributed by atoms with Crippen molar-refractivity contribution in [1.29, 1.82) is 0 Å². The van der Waals surface area contributed by atoms with Crippen LogP contribution in [0.1, 0.15) is 11.1 Å². The van der Waals surface area contributed by atoms with Gasteiger partial charge in [-0.1, -0.05) is 36.8 Å². The average Bonchev–Trinajstić information content (AvgIpc) is 2.58. The molecule has 0 unspecified atom stereocenters. The number of rotatable bonds is 2. The monoisotopic (exact) mass is 374 g/mol. The van der Waals surface area contributed by atoms with E-state index in [1.807, 2.05) is 24.5 Å². The summed E-state index contributed by atoms with van der Waals surface area (Å²) >= 11 is 0. The molecular formula is C23H23FN2Si. The minimum atomic E-state index is -1.88. The Morgan fingerprint density at radius 1 is 0.815 bits per heavy atom. The van der Waals surface area contributed by atoms with Crippen LogP contribution in [-0.4, -0.2) is 18.0 Å². The molecule has 4 aromatic rings. The lowest BCUT2D eigenvalue weighted by atomic mass is 9.99. The second-order valence-electron chi connectivity index (χ2n) is 8.32. The van der Waals surface area contributed by atoms with Crippen LogP contribution in [0.2, 0.25) is 19.6 Å². The molecule has 2 heterocycles. The van der Waals surface area contributed by atoms with Crippen molar-refractivity contribution in [1.82, 2.24) is 9.97 Å². The molecule has 0 N–H and O–H groups in total. The summed E-state index contributed by atoms with van der Waals surface area (Å²) in [5.41, 5.74) is 5.22. The van der Waals surface area contributed by atoms with E-state index in [0.717, 1.165) is 38.1 Å². The van der Waals surface area contributed by atoms with E-state index in [0.29, 0.717) is 0 Å². The van der Waals surface area contributed by atoms with Crippen LogP contribution in [0.4, 0.5) is 4.39 Å². The molecule has 2 aromatic heterocycles. The van der Waals surface area contributed by atoms with E-state index in [9.17, 15) is 4.39 Å². The van der Waals surface area contributed by atoms with E-state index in [1.165, 1.54) is 11.1 Å². The van der Waals surface area contributed by atoms with Gasteiger partial charge >= 0.3 is 0 Å². The highest BCUT2D eigenvalue weighted by atomic mass is 28.3. The highest BCUT2D eigenvalue weighted by Crippen LogP contribution is 2.31. The first-order valence-electron chi connectivity index (χ1n) is 9.21. The van der Waals surface area contributed by atoms with Crippen molar-refractivity contribution in [3.8, 4) is 11.3 Å². The van der Waals surface area contributed by atoms with Crippen molar-refractivity contribution in [2.24, 2.45) is 0 Å². The molecular weight excluding hydrogens is 351 g/mol. The lowest BCUT2D eigenvalue weighted by Gasteiger charge is -2.20. The van der Waals surface area contributed by atoms with Crippen molar-refractivity contribution in [3.63, 3.8) is 0 Å². The molecule has 136 valence electrons. The van der Waals surface area contributed by atoms with Crippen LogP contribution in [0, 0.1) is 19.7 Å². The molecule has 0 aliphatic rings. The summed E-state index contributed by atoms with van der Waals surface area (Å²) in [5, 5.41) is 3.87. The van der Waals surface area contributed by atoms with Gasteiger partial charge in [-0.3, -0.25) is 9.97 Å². The maximum Gasteiger partial charge on any atom is 0.124 e. The summed E-state index contributed by atoms with van der Waals surface area (Å²) in [5.74, 6) is -0.142. The second kappa shape index (κ2) is 6.24. The molecule has 0 radical (unpaired) electrons.